The SMILES string of the molecule is COCCOCCOCCOC(C)(C(=O)O)n1c(-c2ccc(Cl)cc2)c(C#N)c(Br)c1C(F)(F)F. The fourth-order valence-electron chi connectivity index (χ4n) is 3.19. The van der Waals surface area contributed by atoms with Gasteiger partial charge in [-0.1, -0.05) is 23.7 Å². The number of alkyl halides is 3. The molecule has 1 aromatic heterocycles. The lowest BCUT2D eigenvalue weighted by atomic mass is 10.1. The molecule has 0 fully saturated rings. The zero-order valence-corrected chi connectivity index (χ0v) is 21.2. The van der Waals surface area contributed by atoms with Crippen LogP contribution in [0.1, 0.15) is 18.2 Å². The quantitative estimate of drug-likeness (QED) is 0.334. The number of aliphatic carboxylic acids is 1. The third-order valence-corrected chi connectivity index (χ3v) is 5.87. The molecule has 0 amide bonds. The predicted octanol–water partition coefficient (Wildman–Crippen LogP) is 4.91. The van der Waals surface area contributed by atoms with E-state index in [2.05, 4.69) is 15.9 Å². The average molecular weight is 584 g/mol. The van der Waals surface area contributed by atoms with E-state index in [1.54, 1.807) is 6.07 Å². The van der Waals surface area contributed by atoms with Crippen LogP contribution in [0.15, 0.2) is 28.7 Å². The summed E-state index contributed by atoms with van der Waals surface area (Å²) in [7, 11) is 1.53. The molecule has 13 heteroatoms. The van der Waals surface area contributed by atoms with E-state index in [4.69, 9.17) is 30.5 Å². The summed E-state index contributed by atoms with van der Waals surface area (Å²) in [4.78, 5) is 12.3. The van der Waals surface area contributed by atoms with Crippen LogP contribution in [-0.4, -0.2) is 62.4 Å². The molecule has 0 aliphatic carbocycles. The van der Waals surface area contributed by atoms with Gasteiger partial charge in [0, 0.05) is 12.1 Å². The van der Waals surface area contributed by atoms with E-state index in [1.165, 1.54) is 31.4 Å². The van der Waals surface area contributed by atoms with E-state index in [0.717, 1.165) is 6.92 Å². The first-order chi connectivity index (χ1) is 16.5. The zero-order chi connectivity index (χ0) is 26.2. The largest absolute Gasteiger partial charge is 0.478 e. The van der Waals surface area contributed by atoms with Crippen LogP contribution in [0.3, 0.4) is 0 Å². The highest BCUT2D eigenvalue weighted by atomic mass is 79.9. The molecule has 1 N–H and O–H groups in total. The number of carboxylic acids is 1. The number of benzene rings is 1. The molecule has 1 aromatic carbocycles. The van der Waals surface area contributed by atoms with E-state index in [1.807, 2.05) is 0 Å². The zero-order valence-electron chi connectivity index (χ0n) is 18.8. The summed E-state index contributed by atoms with van der Waals surface area (Å²) < 4.78 is 63.2. The molecule has 0 saturated carbocycles. The Morgan fingerprint density at radius 2 is 1.66 bits per heavy atom. The molecule has 35 heavy (non-hydrogen) atoms. The topological polar surface area (TPSA) is 103 Å². The molecule has 2 rings (SSSR count). The van der Waals surface area contributed by atoms with Crippen molar-refractivity contribution in [3.63, 3.8) is 0 Å². The molecule has 1 unspecified atom stereocenters. The number of nitriles is 1. The molecular formula is C22H23BrClF3N2O6. The summed E-state index contributed by atoms with van der Waals surface area (Å²) in [6.07, 6.45) is -5.02. The highest BCUT2D eigenvalue weighted by molar-refractivity contribution is 9.10. The standard InChI is InChI=1S/C22H23BrClF3N2O6/c1-21(20(30)31,35-12-11-34-10-9-33-8-7-32-2)29-18(14-3-5-15(24)6-4-14)16(13-28)17(23)19(29)22(25,26)27/h3-6H,7-12H2,1-2H3,(H,30,31). The third-order valence-electron chi connectivity index (χ3n) is 4.85. The normalized spacial score (nSPS) is 13.4. The summed E-state index contributed by atoms with van der Waals surface area (Å²) >= 11 is 8.74. The Kier molecular flexibility index (Phi) is 10.6. The molecule has 0 bridgehead atoms. The van der Waals surface area contributed by atoms with Gasteiger partial charge in [0.05, 0.1) is 55.4 Å². The Balaban J connectivity index is 2.44. The molecule has 192 valence electrons. The Hall–Kier alpha value is -2.14. The van der Waals surface area contributed by atoms with Crippen LogP contribution in [0.2, 0.25) is 5.02 Å². The van der Waals surface area contributed by atoms with Crippen LogP contribution < -0.4 is 0 Å². The van der Waals surface area contributed by atoms with Crippen molar-refractivity contribution < 1.29 is 42.0 Å². The number of hydrogen-bond acceptors (Lipinski definition) is 6. The van der Waals surface area contributed by atoms with Gasteiger partial charge in [0.25, 0.3) is 0 Å². The van der Waals surface area contributed by atoms with Crippen LogP contribution in [0.25, 0.3) is 11.3 Å². The lowest BCUT2D eigenvalue weighted by Gasteiger charge is -2.31. The number of hydrogen-bond donors (Lipinski definition) is 1. The Labute approximate surface area is 213 Å². The number of carboxylic acid groups (broad SMARTS) is 1. The van der Waals surface area contributed by atoms with Gasteiger partial charge in [-0.25, -0.2) is 4.79 Å². The van der Waals surface area contributed by atoms with Gasteiger partial charge >= 0.3 is 12.1 Å². The molecule has 0 radical (unpaired) electrons. The van der Waals surface area contributed by atoms with Gasteiger partial charge in [0.2, 0.25) is 5.72 Å². The van der Waals surface area contributed by atoms with Crippen LogP contribution in [0, 0.1) is 11.3 Å². The summed E-state index contributed by atoms with van der Waals surface area (Å²) in [5, 5.41) is 19.9. The van der Waals surface area contributed by atoms with E-state index < -0.39 is 33.6 Å². The monoisotopic (exact) mass is 582 g/mol. The lowest BCUT2D eigenvalue weighted by molar-refractivity contribution is -0.189. The van der Waals surface area contributed by atoms with Crippen molar-refractivity contribution in [2.24, 2.45) is 0 Å². The van der Waals surface area contributed by atoms with E-state index in [9.17, 15) is 28.3 Å². The fraction of sp³-hybridized carbons (Fsp3) is 0.455. The minimum absolute atomic E-state index is 0.109. The Morgan fingerprint density at radius 1 is 1.11 bits per heavy atom. The average Bonchev–Trinajstić information content (AvgIpc) is 3.11. The molecule has 2 aromatic rings. The van der Waals surface area contributed by atoms with Gasteiger partial charge < -0.3 is 24.1 Å². The van der Waals surface area contributed by atoms with Gasteiger partial charge in [-0.2, -0.15) is 18.4 Å². The van der Waals surface area contributed by atoms with Crippen molar-refractivity contribution in [1.29, 1.82) is 5.26 Å². The Bertz CT molecular complexity index is 1060. The predicted molar refractivity (Wildman–Crippen MR) is 123 cm³/mol. The van der Waals surface area contributed by atoms with Crippen molar-refractivity contribution in [2.75, 3.05) is 46.8 Å². The number of carbonyl (C=O) groups is 1. The third kappa shape index (κ3) is 6.97. The van der Waals surface area contributed by atoms with Crippen molar-refractivity contribution >= 4 is 33.5 Å². The van der Waals surface area contributed by atoms with Crippen LogP contribution in [-0.2, 0) is 35.6 Å². The van der Waals surface area contributed by atoms with Gasteiger partial charge in [-0.05, 0) is 40.5 Å². The molecule has 1 atom stereocenters. The molecule has 1 heterocycles. The second-order valence-corrected chi connectivity index (χ2v) is 8.42. The first kappa shape index (κ1) is 29.1. The van der Waals surface area contributed by atoms with Crippen LogP contribution >= 0.6 is 27.5 Å². The van der Waals surface area contributed by atoms with Gasteiger partial charge in [-0.15, -0.1) is 0 Å². The lowest BCUT2D eigenvalue weighted by Crippen LogP contribution is -2.45. The smallest absolute Gasteiger partial charge is 0.432 e. The van der Waals surface area contributed by atoms with E-state index in [-0.39, 0.29) is 37.7 Å². The number of halogens is 5. The van der Waals surface area contributed by atoms with Crippen LogP contribution in [0.5, 0.6) is 0 Å². The van der Waals surface area contributed by atoms with E-state index >= 15 is 0 Å². The van der Waals surface area contributed by atoms with Crippen molar-refractivity contribution in [3.05, 3.63) is 45.0 Å². The van der Waals surface area contributed by atoms with Crippen molar-refractivity contribution in [3.8, 4) is 17.3 Å². The van der Waals surface area contributed by atoms with E-state index in [0.29, 0.717) is 22.8 Å². The number of aromatic nitrogens is 1. The molecular weight excluding hydrogens is 561 g/mol. The van der Waals surface area contributed by atoms with Crippen LogP contribution in [0.4, 0.5) is 13.2 Å². The molecule has 8 nitrogen and oxygen atoms in total. The summed E-state index contributed by atoms with van der Waals surface area (Å²) in [6.45, 7) is 1.70. The minimum atomic E-state index is -5.02. The summed E-state index contributed by atoms with van der Waals surface area (Å²) in [6, 6.07) is 7.33. The highest BCUT2D eigenvalue weighted by Gasteiger charge is 2.49. The summed E-state index contributed by atoms with van der Waals surface area (Å²) in [5.74, 6) is -1.70. The van der Waals surface area contributed by atoms with Crippen molar-refractivity contribution in [1.82, 2.24) is 4.57 Å². The summed E-state index contributed by atoms with van der Waals surface area (Å²) in [5.41, 5.74) is -4.48. The second-order valence-electron chi connectivity index (χ2n) is 7.19. The first-order valence-electron chi connectivity index (χ1n) is 10.2. The molecule has 0 saturated heterocycles. The number of ether oxygens (including phenoxy) is 4. The molecule has 0 aliphatic heterocycles. The maximum atomic E-state index is 14.2. The number of nitrogens with zero attached hydrogens (tertiary/aromatic N) is 2. The second kappa shape index (κ2) is 12.7. The molecule has 0 aliphatic rings. The van der Waals surface area contributed by atoms with Crippen molar-refractivity contribution in [2.45, 2.75) is 18.8 Å². The number of rotatable bonds is 13. The maximum absolute atomic E-state index is 14.2. The fourth-order valence-corrected chi connectivity index (χ4v) is 4.00. The first-order valence-corrected chi connectivity index (χ1v) is 11.4. The van der Waals surface area contributed by atoms with Gasteiger partial charge in [0.1, 0.15) is 11.8 Å². The van der Waals surface area contributed by atoms with Gasteiger partial charge in [-0.3, -0.25) is 4.57 Å². The maximum Gasteiger partial charge on any atom is 0.432 e. The minimum Gasteiger partial charge on any atom is -0.478 e. The number of methoxy groups -OCH3 is 1. The highest BCUT2D eigenvalue weighted by Crippen LogP contribution is 2.46. The molecule has 0 spiro atoms. The Morgan fingerprint density at radius 3 is 2.14 bits per heavy atom. The van der Waals surface area contributed by atoms with Gasteiger partial charge in [0.15, 0.2) is 0 Å².